The molecule has 0 radical (unpaired) electrons. The average Bonchev–Trinajstić information content (AvgIpc) is 2.44. The Labute approximate surface area is 59.5 Å². The Morgan fingerprint density at radius 1 is 1.40 bits per heavy atom. The van der Waals surface area contributed by atoms with Crippen LogP contribution in [0.3, 0.4) is 0 Å². The van der Waals surface area contributed by atoms with Crippen LogP contribution in [0.5, 0.6) is 0 Å². The van der Waals surface area contributed by atoms with Gasteiger partial charge in [-0.15, -0.1) is 0 Å². The summed E-state index contributed by atoms with van der Waals surface area (Å²) in [6.07, 6.45) is 6.17. The second-order valence-corrected chi connectivity index (χ2v) is 3.22. The van der Waals surface area contributed by atoms with Crippen molar-refractivity contribution >= 4 is 5.97 Å². The lowest BCUT2D eigenvalue weighted by Gasteiger charge is -2.11. The van der Waals surface area contributed by atoms with Gasteiger partial charge in [-0.1, -0.05) is 12.2 Å². The van der Waals surface area contributed by atoms with Gasteiger partial charge in [-0.05, 0) is 24.7 Å². The van der Waals surface area contributed by atoms with Gasteiger partial charge in [0.15, 0.2) is 0 Å². The minimum atomic E-state index is -0.614. The average molecular weight is 138 g/mol. The van der Waals surface area contributed by atoms with E-state index in [0.29, 0.717) is 11.8 Å². The third kappa shape index (κ3) is 0.681. The lowest BCUT2D eigenvalue weighted by molar-refractivity contribution is -0.142. The molecule has 0 saturated heterocycles. The van der Waals surface area contributed by atoms with Gasteiger partial charge in [0.25, 0.3) is 0 Å². The Kier molecular flexibility index (Phi) is 1.10. The highest BCUT2D eigenvalue weighted by Crippen LogP contribution is 2.43. The second kappa shape index (κ2) is 1.84. The normalized spacial score (nSPS) is 42.6. The minimum Gasteiger partial charge on any atom is -0.481 e. The van der Waals surface area contributed by atoms with Gasteiger partial charge in [0.2, 0.25) is 0 Å². The molecule has 3 atom stereocenters. The predicted octanol–water partition coefficient (Wildman–Crippen LogP) is 1.28. The molecule has 2 rings (SSSR count). The lowest BCUT2D eigenvalue weighted by atomic mass is 9.94. The molecule has 2 heteroatoms. The summed E-state index contributed by atoms with van der Waals surface area (Å²) in [5.41, 5.74) is 0. The van der Waals surface area contributed by atoms with Gasteiger partial charge in [0.05, 0.1) is 5.92 Å². The quantitative estimate of drug-likeness (QED) is 0.554. The molecule has 0 aromatic rings. The summed E-state index contributed by atoms with van der Waals surface area (Å²) < 4.78 is 0. The Morgan fingerprint density at radius 2 is 2.20 bits per heavy atom. The standard InChI is InChI=1S/C8H10O2/c9-8(10)7-4-5-1-2-6(7)3-5/h1-2,5-7H,3-4H2,(H,9,10)/t5?,6?,7-/m0/s1. The zero-order chi connectivity index (χ0) is 7.14. The van der Waals surface area contributed by atoms with E-state index in [1.54, 1.807) is 0 Å². The van der Waals surface area contributed by atoms with E-state index < -0.39 is 5.97 Å². The van der Waals surface area contributed by atoms with Crippen LogP contribution in [0.15, 0.2) is 12.2 Å². The Balaban J connectivity index is 2.16. The highest BCUT2D eigenvalue weighted by molar-refractivity contribution is 5.71. The summed E-state index contributed by atoms with van der Waals surface area (Å²) in [7, 11) is 0. The van der Waals surface area contributed by atoms with Crippen LogP contribution in [0.25, 0.3) is 0 Å². The molecule has 1 N–H and O–H groups in total. The zero-order valence-corrected chi connectivity index (χ0v) is 5.66. The maximum absolute atomic E-state index is 10.6. The molecular formula is C8H10O2. The summed E-state index contributed by atoms with van der Waals surface area (Å²) in [4.78, 5) is 10.6. The predicted molar refractivity (Wildman–Crippen MR) is 36.5 cm³/mol. The lowest BCUT2D eigenvalue weighted by Crippen LogP contribution is -2.17. The molecule has 1 saturated carbocycles. The monoisotopic (exact) mass is 138 g/mol. The van der Waals surface area contributed by atoms with Crippen LogP contribution in [0.1, 0.15) is 12.8 Å². The fourth-order valence-corrected chi connectivity index (χ4v) is 2.06. The number of carboxylic acids is 1. The zero-order valence-electron chi connectivity index (χ0n) is 5.66. The van der Waals surface area contributed by atoms with Crippen molar-refractivity contribution in [3.05, 3.63) is 12.2 Å². The number of carboxylic acid groups (broad SMARTS) is 1. The van der Waals surface area contributed by atoms with Crippen LogP contribution >= 0.6 is 0 Å². The van der Waals surface area contributed by atoms with Gasteiger partial charge in [-0.25, -0.2) is 0 Å². The van der Waals surface area contributed by atoms with E-state index >= 15 is 0 Å². The molecular weight excluding hydrogens is 128 g/mol. The van der Waals surface area contributed by atoms with Crippen LogP contribution < -0.4 is 0 Å². The van der Waals surface area contributed by atoms with E-state index in [1.807, 2.05) is 0 Å². The molecule has 0 amide bonds. The molecule has 2 bridgehead atoms. The molecule has 2 aliphatic carbocycles. The first-order valence-corrected chi connectivity index (χ1v) is 3.68. The van der Waals surface area contributed by atoms with Crippen molar-refractivity contribution in [2.75, 3.05) is 0 Å². The number of hydrogen-bond donors (Lipinski definition) is 1. The molecule has 0 aromatic carbocycles. The summed E-state index contributed by atoms with van der Waals surface area (Å²) >= 11 is 0. The molecule has 0 aliphatic heterocycles. The number of hydrogen-bond acceptors (Lipinski definition) is 1. The van der Waals surface area contributed by atoms with Crippen LogP contribution in [0.4, 0.5) is 0 Å². The summed E-state index contributed by atoms with van der Waals surface area (Å²) in [6, 6.07) is 0. The Hall–Kier alpha value is -0.790. The maximum atomic E-state index is 10.6. The molecule has 2 aliphatic rings. The van der Waals surface area contributed by atoms with Crippen LogP contribution in [0, 0.1) is 17.8 Å². The summed E-state index contributed by atoms with van der Waals surface area (Å²) in [5.74, 6) is 0.237. The van der Waals surface area contributed by atoms with E-state index in [4.69, 9.17) is 5.11 Å². The van der Waals surface area contributed by atoms with E-state index in [2.05, 4.69) is 12.2 Å². The first kappa shape index (κ1) is 5.96. The molecule has 2 unspecified atom stereocenters. The molecule has 1 fully saturated rings. The summed E-state index contributed by atoms with van der Waals surface area (Å²) in [5, 5.41) is 8.70. The van der Waals surface area contributed by atoms with Crippen molar-refractivity contribution in [3.63, 3.8) is 0 Å². The van der Waals surface area contributed by atoms with Crippen molar-refractivity contribution in [1.29, 1.82) is 0 Å². The highest BCUT2D eigenvalue weighted by atomic mass is 16.4. The van der Waals surface area contributed by atoms with Gasteiger partial charge in [-0.2, -0.15) is 0 Å². The van der Waals surface area contributed by atoms with Gasteiger partial charge in [0, 0.05) is 0 Å². The first-order valence-electron chi connectivity index (χ1n) is 3.68. The highest BCUT2D eigenvalue weighted by Gasteiger charge is 2.39. The third-order valence-corrected chi connectivity index (χ3v) is 2.60. The van der Waals surface area contributed by atoms with Crippen LogP contribution in [-0.2, 0) is 4.79 Å². The molecule has 10 heavy (non-hydrogen) atoms. The number of carbonyl (C=O) groups is 1. The Morgan fingerprint density at radius 3 is 2.50 bits per heavy atom. The fraction of sp³-hybridized carbons (Fsp3) is 0.625. The molecule has 0 spiro atoms. The van der Waals surface area contributed by atoms with Crippen molar-refractivity contribution in [2.24, 2.45) is 17.8 Å². The van der Waals surface area contributed by atoms with E-state index in [9.17, 15) is 4.79 Å². The largest absolute Gasteiger partial charge is 0.481 e. The van der Waals surface area contributed by atoms with Gasteiger partial charge < -0.3 is 5.11 Å². The molecule has 54 valence electrons. The minimum absolute atomic E-state index is 0.0741. The molecule has 0 heterocycles. The number of aliphatic carboxylic acids is 1. The van der Waals surface area contributed by atoms with E-state index in [0.717, 1.165) is 12.8 Å². The van der Waals surface area contributed by atoms with Gasteiger partial charge >= 0.3 is 5.97 Å². The molecule has 0 aromatic heterocycles. The molecule has 2 nitrogen and oxygen atoms in total. The van der Waals surface area contributed by atoms with E-state index in [1.165, 1.54) is 0 Å². The van der Waals surface area contributed by atoms with Crippen molar-refractivity contribution < 1.29 is 9.90 Å². The van der Waals surface area contributed by atoms with E-state index in [-0.39, 0.29) is 5.92 Å². The number of rotatable bonds is 1. The Bertz CT molecular complexity index is 195. The first-order chi connectivity index (χ1) is 4.77. The number of fused-ring (bicyclic) bond motifs is 2. The van der Waals surface area contributed by atoms with Gasteiger partial charge in [-0.3, -0.25) is 4.79 Å². The third-order valence-electron chi connectivity index (χ3n) is 2.60. The van der Waals surface area contributed by atoms with Gasteiger partial charge in [0.1, 0.15) is 0 Å². The van der Waals surface area contributed by atoms with Crippen LogP contribution in [-0.4, -0.2) is 11.1 Å². The fourth-order valence-electron chi connectivity index (χ4n) is 2.06. The topological polar surface area (TPSA) is 37.3 Å². The van der Waals surface area contributed by atoms with Crippen molar-refractivity contribution in [2.45, 2.75) is 12.8 Å². The van der Waals surface area contributed by atoms with Crippen molar-refractivity contribution in [3.8, 4) is 0 Å². The summed E-state index contributed by atoms with van der Waals surface area (Å²) in [6.45, 7) is 0. The maximum Gasteiger partial charge on any atom is 0.307 e. The second-order valence-electron chi connectivity index (χ2n) is 3.22. The number of allylic oxidation sites excluding steroid dienone is 2. The SMILES string of the molecule is O=C(O)[C@H]1CC2C=CC1C2. The smallest absolute Gasteiger partial charge is 0.307 e. The van der Waals surface area contributed by atoms with Crippen molar-refractivity contribution in [1.82, 2.24) is 0 Å². The van der Waals surface area contributed by atoms with Crippen LogP contribution in [0.2, 0.25) is 0 Å².